The van der Waals surface area contributed by atoms with Crippen LogP contribution in [-0.4, -0.2) is 41.1 Å². The molecule has 0 amide bonds. The van der Waals surface area contributed by atoms with Gasteiger partial charge in [0.2, 0.25) is 5.95 Å². The number of aryl methyl sites for hydroxylation is 1. The highest BCUT2D eigenvalue weighted by atomic mass is 15.3. The fraction of sp³-hybridized carbons (Fsp3) is 0.400. The number of anilines is 2. The molecule has 3 rings (SSSR count). The fourth-order valence-electron chi connectivity index (χ4n) is 2.51. The van der Waals surface area contributed by atoms with Crippen molar-refractivity contribution in [3.05, 3.63) is 41.9 Å². The summed E-state index contributed by atoms with van der Waals surface area (Å²) in [6.07, 6.45) is 3.67. The summed E-state index contributed by atoms with van der Waals surface area (Å²) in [5, 5.41) is 0. The predicted octanol–water partition coefficient (Wildman–Crippen LogP) is 0.965. The predicted molar refractivity (Wildman–Crippen MR) is 83.3 cm³/mol. The molecule has 0 bridgehead atoms. The molecule has 3 heterocycles. The fourth-order valence-corrected chi connectivity index (χ4v) is 2.51. The van der Waals surface area contributed by atoms with Crippen LogP contribution in [0.2, 0.25) is 0 Å². The maximum atomic E-state index is 5.65. The second-order valence-corrected chi connectivity index (χ2v) is 5.15. The first kappa shape index (κ1) is 13.8. The Bertz CT molecular complexity index is 592. The van der Waals surface area contributed by atoms with Gasteiger partial charge >= 0.3 is 0 Å². The molecule has 2 aromatic heterocycles. The van der Waals surface area contributed by atoms with E-state index in [9.17, 15) is 0 Å². The van der Waals surface area contributed by atoms with Crippen molar-refractivity contribution in [3.63, 3.8) is 0 Å². The van der Waals surface area contributed by atoms with Crippen LogP contribution < -0.4 is 15.5 Å². The number of rotatable bonds is 3. The monoisotopic (exact) mass is 284 g/mol. The summed E-state index contributed by atoms with van der Waals surface area (Å²) in [6, 6.07) is 6.01. The Morgan fingerprint density at radius 1 is 1.10 bits per heavy atom. The van der Waals surface area contributed by atoms with Crippen molar-refractivity contribution in [2.45, 2.75) is 13.5 Å². The van der Waals surface area contributed by atoms with Crippen molar-refractivity contribution < 1.29 is 0 Å². The highest BCUT2D eigenvalue weighted by molar-refractivity contribution is 5.42. The van der Waals surface area contributed by atoms with Crippen molar-refractivity contribution in [1.82, 2.24) is 15.0 Å². The van der Waals surface area contributed by atoms with E-state index in [2.05, 4.69) is 24.8 Å². The minimum atomic E-state index is 0.486. The maximum Gasteiger partial charge on any atom is 0.225 e. The van der Waals surface area contributed by atoms with Crippen LogP contribution in [0.1, 0.15) is 11.3 Å². The lowest BCUT2D eigenvalue weighted by Crippen LogP contribution is -2.47. The second kappa shape index (κ2) is 6.05. The summed E-state index contributed by atoms with van der Waals surface area (Å²) in [6.45, 7) is 6.13. The molecule has 110 valence electrons. The van der Waals surface area contributed by atoms with Crippen LogP contribution in [0.15, 0.2) is 30.6 Å². The molecule has 1 saturated heterocycles. The first-order valence-corrected chi connectivity index (χ1v) is 7.21. The summed E-state index contributed by atoms with van der Waals surface area (Å²) in [5.41, 5.74) is 7.63. The Labute approximate surface area is 124 Å². The molecule has 0 saturated carbocycles. The van der Waals surface area contributed by atoms with Crippen molar-refractivity contribution in [2.24, 2.45) is 5.73 Å². The number of aromatic nitrogens is 3. The van der Waals surface area contributed by atoms with Crippen molar-refractivity contribution in [2.75, 3.05) is 36.0 Å². The van der Waals surface area contributed by atoms with Gasteiger partial charge in [-0.25, -0.2) is 15.0 Å². The van der Waals surface area contributed by atoms with Gasteiger partial charge in [-0.15, -0.1) is 0 Å². The van der Waals surface area contributed by atoms with Gasteiger partial charge in [0.1, 0.15) is 5.82 Å². The Morgan fingerprint density at radius 3 is 2.48 bits per heavy atom. The van der Waals surface area contributed by atoms with Crippen molar-refractivity contribution in [1.29, 1.82) is 0 Å². The number of nitrogens with zero attached hydrogens (tertiary/aromatic N) is 5. The lowest BCUT2D eigenvalue weighted by molar-refractivity contribution is 0.633. The first-order valence-electron chi connectivity index (χ1n) is 7.21. The minimum absolute atomic E-state index is 0.486. The molecule has 6 heteroatoms. The van der Waals surface area contributed by atoms with E-state index < -0.39 is 0 Å². The van der Waals surface area contributed by atoms with E-state index in [1.165, 1.54) is 0 Å². The van der Waals surface area contributed by atoms with Crippen LogP contribution in [0.4, 0.5) is 11.8 Å². The van der Waals surface area contributed by atoms with Gasteiger partial charge in [-0.2, -0.15) is 0 Å². The Hall–Kier alpha value is -2.21. The van der Waals surface area contributed by atoms with Gasteiger partial charge in [0.05, 0.1) is 0 Å². The smallest absolute Gasteiger partial charge is 0.225 e. The highest BCUT2D eigenvalue weighted by Crippen LogP contribution is 2.16. The van der Waals surface area contributed by atoms with Crippen LogP contribution >= 0.6 is 0 Å². The van der Waals surface area contributed by atoms with Gasteiger partial charge in [0.25, 0.3) is 0 Å². The van der Waals surface area contributed by atoms with Crippen LogP contribution in [0.5, 0.6) is 0 Å². The molecule has 0 aromatic carbocycles. The van der Waals surface area contributed by atoms with Gasteiger partial charge in [0.15, 0.2) is 0 Å². The summed E-state index contributed by atoms with van der Waals surface area (Å²) in [4.78, 5) is 17.9. The molecular formula is C15H20N6. The van der Waals surface area contributed by atoms with Crippen LogP contribution in [0.3, 0.4) is 0 Å². The van der Waals surface area contributed by atoms with Gasteiger partial charge < -0.3 is 15.5 Å². The summed E-state index contributed by atoms with van der Waals surface area (Å²) in [7, 11) is 0. The topological polar surface area (TPSA) is 71.2 Å². The average Bonchev–Trinajstić information content (AvgIpc) is 2.56. The molecule has 0 radical (unpaired) electrons. The molecule has 0 aliphatic carbocycles. The summed E-state index contributed by atoms with van der Waals surface area (Å²) >= 11 is 0. The third kappa shape index (κ3) is 2.95. The molecule has 1 aliphatic heterocycles. The molecular weight excluding hydrogens is 264 g/mol. The zero-order chi connectivity index (χ0) is 14.7. The van der Waals surface area contributed by atoms with Crippen LogP contribution in [0.25, 0.3) is 0 Å². The molecule has 0 unspecified atom stereocenters. The van der Waals surface area contributed by atoms with E-state index in [0.717, 1.165) is 49.2 Å². The van der Waals surface area contributed by atoms with E-state index >= 15 is 0 Å². The zero-order valence-corrected chi connectivity index (χ0v) is 12.2. The third-order valence-corrected chi connectivity index (χ3v) is 3.82. The molecule has 0 atom stereocenters. The number of hydrogen-bond acceptors (Lipinski definition) is 6. The Kier molecular flexibility index (Phi) is 3.96. The quantitative estimate of drug-likeness (QED) is 0.905. The van der Waals surface area contributed by atoms with Gasteiger partial charge in [-0.05, 0) is 19.1 Å². The maximum absolute atomic E-state index is 5.65. The number of pyridine rings is 1. The highest BCUT2D eigenvalue weighted by Gasteiger charge is 2.20. The molecule has 0 spiro atoms. The molecule has 1 fully saturated rings. The van der Waals surface area contributed by atoms with Crippen LogP contribution in [0, 0.1) is 6.92 Å². The molecule has 1 aliphatic rings. The molecule has 2 aromatic rings. The number of hydrogen-bond donors (Lipinski definition) is 1. The molecule has 6 nitrogen and oxygen atoms in total. The van der Waals surface area contributed by atoms with Crippen molar-refractivity contribution in [3.8, 4) is 0 Å². The largest absolute Gasteiger partial charge is 0.353 e. The normalized spacial score (nSPS) is 15.3. The van der Waals surface area contributed by atoms with Gasteiger partial charge in [-0.1, -0.05) is 6.07 Å². The Balaban J connectivity index is 1.67. The first-order chi connectivity index (χ1) is 10.3. The second-order valence-electron chi connectivity index (χ2n) is 5.15. The lowest BCUT2D eigenvalue weighted by atomic mass is 10.2. The van der Waals surface area contributed by atoms with Gasteiger partial charge in [-0.3, -0.25) is 0 Å². The van der Waals surface area contributed by atoms with Gasteiger partial charge in [0, 0.05) is 56.4 Å². The number of nitrogens with two attached hydrogens (primary N) is 1. The minimum Gasteiger partial charge on any atom is -0.353 e. The number of piperazine rings is 1. The van der Waals surface area contributed by atoms with E-state index in [-0.39, 0.29) is 0 Å². The summed E-state index contributed by atoms with van der Waals surface area (Å²) in [5.74, 6) is 1.83. The zero-order valence-electron chi connectivity index (χ0n) is 12.2. The average molecular weight is 284 g/mol. The standard InChI is InChI=1S/C15H20N6/c1-12-13(10-16)11-18-15(19-12)21-8-6-20(7-9-21)14-4-2-3-5-17-14/h2-5,11H,6-10,16H2,1H3. The van der Waals surface area contributed by atoms with E-state index in [1.54, 1.807) is 0 Å². The van der Waals surface area contributed by atoms with E-state index in [1.807, 2.05) is 37.5 Å². The van der Waals surface area contributed by atoms with E-state index in [0.29, 0.717) is 6.54 Å². The van der Waals surface area contributed by atoms with Crippen molar-refractivity contribution >= 4 is 11.8 Å². The van der Waals surface area contributed by atoms with Crippen LogP contribution in [-0.2, 0) is 6.54 Å². The SMILES string of the molecule is Cc1nc(N2CCN(c3ccccn3)CC2)ncc1CN. The molecule has 21 heavy (non-hydrogen) atoms. The van der Waals surface area contributed by atoms with E-state index in [4.69, 9.17) is 5.73 Å². The summed E-state index contributed by atoms with van der Waals surface area (Å²) < 4.78 is 0. The molecule has 2 N–H and O–H groups in total. The third-order valence-electron chi connectivity index (χ3n) is 3.82. The lowest BCUT2D eigenvalue weighted by Gasteiger charge is -2.35. The Morgan fingerprint density at radius 2 is 1.86 bits per heavy atom.